The molecule has 8 nitrogen and oxygen atoms in total. The number of hydrogen-bond donors (Lipinski definition) is 2. The van der Waals surface area contributed by atoms with Crippen molar-refractivity contribution in [3.05, 3.63) is 83.7 Å². The number of halogens is 1. The molecule has 3 aromatic rings. The van der Waals surface area contributed by atoms with E-state index >= 15 is 0 Å². The molecule has 188 valence electrons. The quantitative estimate of drug-likeness (QED) is 0.285. The number of esters is 1. The minimum absolute atomic E-state index is 0.266. The molecule has 0 atom stereocenters. The van der Waals surface area contributed by atoms with Crippen molar-refractivity contribution >= 4 is 29.2 Å². The number of hydrogen-bond acceptors (Lipinski definition) is 6. The highest BCUT2D eigenvalue weighted by molar-refractivity contribution is 6.05. The van der Waals surface area contributed by atoms with E-state index in [1.807, 2.05) is 6.92 Å². The number of methoxy groups -OCH3 is 1. The number of unbranched alkanes of at least 4 members (excludes halogenated alkanes) is 1. The smallest absolute Gasteiger partial charge is 0.338 e. The van der Waals surface area contributed by atoms with E-state index in [4.69, 9.17) is 14.2 Å². The van der Waals surface area contributed by atoms with Gasteiger partial charge in [-0.05, 0) is 73.2 Å². The minimum Gasteiger partial charge on any atom is -0.493 e. The highest BCUT2D eigenvalue weighted by atomic mass is 19.1. The fraction of sp³-hybridized carbons (Fsp3) is 0.222. The highest BCUT2D eigenvalue weighted by Gasteiger charge is 2.14. The van der Waals surface area contributed by atoms with Crippen LogP contribution in [-0.2, 0) is 9.53 Å². The third-order valence-electron chi connectivity index (χ3n) is 5.02. The van der Waals surface area contributed by atoms with Crippen LogP contribution in [0, 0.1) is 5.82 Å². The van der Waals surface area contributed by atoms with Crippen LogP contribution in [0.4, 0.5) is 15.8 Å². The van der Waals surface area contributed by atoms with Crippen molar-refractivity contribution in [3.63, 3.8) is 0 Å². The molecule has 0 radical (unpaired) electrons. The Hall–Kier alpha value is -4.40. The van der Waals surface area contributed by atoms with Gasteiger partial charge in [-0.1, -0.05) is 13.3 Å². The number of amides is 2. The van der Waals surface area contributed by atoms with Crippen molar-refractivity contribution in [3.8, 4) is 11.5 Å². The Morgan fingerprint density at radius 1 is 0.833 bits per heavy atom. The van der Waals surface area contributed by atoms with Gasteiger partial charge in [0.15, 0.2) is 18.1 Å². The van der Waals surface area contributed by atoms with Gasteiger partial charge in [-0.25, -0.2) is 9.18 Å². The van der Waals surface area contributed by atoms with Crippen LogP contribution >= 0.6 is 0 Å². The lowest BCUT2D eigenvalue weighted by Crippen LogP contribution is -2.20. The zero-order valence-corrected chi connectivity index (χ0v) is 20.0. The van der Waals surface area contributed by atoms with Crippen molar-refractivity contribution in [2.24, 2.45) is 0 Å². The number of carbonyl (C=O) groups is 3. The van der Waals surface area contributed by atoms with E-state index in [9.17, 15) is 18.8 Å². The summed E-state index contributed by atoms with van der Waals surface area (Å²) in [5, 5.41) is 5.34. The average Bonchev–Trinajstić information content (AvgIpc) is 2.89. The number of nitrogens with one attached hydrogen (secondary N) is 2. The van der Waals surface area contributed by atoms with E-state index in [0.29, 0.717) is 29.1 Å². The first-order valence-corrected chi connectivity index (χ1v) is 11.3. The van der Waals surface area contributed by atoms with Crippen molar-refractivity contribution in [1.82, 2.24) is 0 Å². The molecule has 3 aromatic carbocycles. The minimum atomic E-state index is -0.442. The largest absolute Gasteiger partial charge is 0.493 e. The van der Waals surface area contributed by atoms with Crippen LogP contribution in [-0.4, -0.2) is 38.1 Å². The molecule has 0 bridgehead atoms. The third kappa shape index (κ3) is 7.56. The van der Waals surface area contributed by atoms with Gasteiger partial charge in [0.1, 0.15) is 5.82 Å². The van der Waals surface area contributed by atoms with Crippen LogP contribution in [0.15, 0.2) is 66.7 Å². The van der Waals surface area contributed by atoms with Gasteiger partial charge < -0.3 is 24.8 Å². The molecule has 36 heavy (non-hydrogen) atoms. The Morgan fingerprint density at radius 2 is 1.47 bits per heavy atom. The fourth-order valence-electron chi connectivity index (χ4n) is 3.09. The zero-order valence-electron chi connectivity index (χ0n) is 20.0. The van der Waals surface area contributed by atoms with Gasteiger partial charge in [-0.3, -0.25) is 9.59 Å². The van der Waals surface area contributed by atoms with Crippen molar-refractivity contribution < 1.29 is 33.0 Å². The molecular weight excluding hydrogens is 467 g/mol. The summed E-state index contributed by atoms with van der Waals surface area (Å²) in [5.41, 5.74) is 1.64. The summed E-state index contributed by atoms with van der Waals surface area (Å²) in [6, 6.07) is 16.3. The highest BCUT2D eigenvalue weighted by Crippen LogP contribution is 2.28. The van der Waals surface area contributed by atoms with Crippen LogP contribution in [0.5, 0.6) is 11.5 Å². The number of carbonyl (C=O) groups excluding carboxylic acids is 3. The predicted octanol–water partition coefficient (Wildman–Crippen LogP) is 5.06. The lowest BCUT2D eigenvalue weighted by Gasteiger charge is -2.13. The second kappa shape index (κ2) is 12.9. The van der Waals surface area contributed by atoms with Gasteiger partial charge in [-0.15, -0.1) is 0 Å². The Balaban J connectivity index is 1.57. The molecule has 0 aromatic heterocycles. The molecule has 9 heteroatoms. The Labute approximate surface area is 208 Å². The molecule has 0 spiro atoms. The van der Waals surface area contributed by atoms with E-state index < -0.39 is 23.6 Å². The number of ether oxygens (including phenoxy) is 3. The molecule has 0 fully saturated rings. The van der Waals surface area contributed by atoms with E-state index in [-0.39, 0.29) is 18.1 Å². The third-order valence-corrected chi connectivity index (χ3v) is 5.02. The molecule has 0 saturated carbocycles. The van der Waals surface area contributed by atoms with Crippen LogP contribution in [0.3, 0.4) is 0 Å². The lowest BCUT2D eigenvalue weighted by molar-refractivity contribution is -0.118. The van der Waals surface area contributed by atoms with Gasteiger partial charge in [0.05, 0.1) is 19.3 Å². The average molecular weight is 495 g/mol. The first-order chi connectivity index (χ1) is 17.4. The fourth-order valence-corrected chi connectivity index (χ4v) is 3.09. The van der Waals surface area contributed by atoms with Crippen molar-refractivity contribution in [2.75, 3.05) is 31.0 Å². The monoisotopic (exact) mass is 494 g/mol. The maximum absolute atomic E-state index is 13.0. The zero-order chi connectivity index (χ0) is 25.9. The van der Waals surface area contributed by atoms with E-state index in [1.165, 1.54) is 49.6 Å². The topological polar surface area (TPSA) is 103 Å². The summed E-state index contributed by atoms with van der Waals surface area (Å²) in [4.78, 5) is 36.8. The molecule has 0 unspecified atom stereocenters. The van der Waals surface area contributed by atoms with Gasteiger partial charge >= 0.3 is 5.97 Å². The van der Waals surface area contributed by atoms with Crippen LogP contribution in [0.25, 0.3) is 0 Å². The predicted molar refractivity (Wildman–Crippen MR) is 133 cm³/mol. The van der Waals surface area contributed by atoms with E-state index in [0.717, 1.165) is 12.8 Å². The van der Waals surface area contributed by atoms with Crippen molar-refractivity contribution in [1.29, 1.82) is 0 Å². The second-order valence-corrected chi connectivity index (χ2v) is 7.73. The van der Waals surface area contributed by atoms with Gasteiger partial charge in [0.2, 0.25) is 0 Å². The van der Waals surface area contributed by atoms with E-state index in [1.54, 1.807) is 24.3 Å². The molecule has 0 heterocycles. The Morgan fingerprint density at radius 3 is 2.14 bits per heavy atom. The van der Waals surface area contributed by atoms with Gasteiger partial charge in [-0.2, -0.15) is 0 Å². The first kappa shape index (κ1) is 26.2. The van der Waals surface area contributed by atoms with Crippen LogP contribution in [0.1, 0.15) is 40.5 Å². The van der Waals surface area contributed by atoms with Crippen molar-refractivity contribution in [2.45, 2.75) is 19.8 Å². The van der Waals surface area contributed by atoms with E-state index in [2.05, 4.69) is 10.6 Å². The molecular formula is C27H27FN2O6. The second-order valence-electron chi connectivity index (χ2n) is 7.73. The maximum atomic E-state index is 13.0. The summed E-state index contributed by atoms with van der Waals surface area (Å²) in [6.45, 7) is 2.07. The summed E-state index contributed by atoms with van der Waals surface area (Å²) < 4.78 is 29.0. The molecule has 0 aliphatic rings. The summed E-state index contributed by atoms with van der Waals surface area (Å²) in [6.07, 6.45) is 1.74. The summed E-state index contributed by atoms with van der Waals surface area (Å²) in [7, 11) is 1.42. The number of anilines is 2. The number of rotatable bonds is 11. The summed E-state index contributed by atoms with van der Waals surface area (Å²) in [5.74, 6) is -1.11. The lowest BCUT2D eigenvalue weighted by atomic mass is 10.1. The Kier molecular flexibility index (Phi) is 9.39. The Bertz CT molecular complexity index is 1200. The maximum Gasteiger partial charge on any atom is 0.338 e. The normalized spacial score (nSPS) is 10.3. The molecule has 0 aliphatic carbocycles. The molecule has 2 N–H and O–H groups in total. The van der Waals surface area contributed by atoms with Gasteiger partial charge in [0, 0.05) is 16.9 Å². The summed E-state index contributed by atoms with van der Waals surface area (Å²) >= 11 is 0. The van der Waals surface area contributed by atoms with Crippen LogP contribution in [0.2, 0.25) is 0 Å². The molecule has 0 saturated heterocycles. The standard InChI is InChI=1S/C27H27FN2O6/c1-3-4-15-35-27(33)18-5-10-22(11-6-18)30-26(32)19-7-14-23(24(16-19)34-2)36-17-25(31)29-21-12-8-20(28)9-13-21/h5-14,16H,3-4,15,17H2,1-2H3,(H,29,31)(H,30,32). The first-order valence-electron chi connectivity index (χ1n) is 11.3. The SMILES string of the molecule is CCCCOC(=O)c1ccc(NC(=O)c2ccc(OCC(=O)Nc3ccc(F)cc3)c(OC)c2)cc1. The van der Waals surface area contributed by atoms with Crippen LogP contribution < -0.4 is 20.1 Å². The molecule has 0 aliphatic heterocycles. The molecule has 2 amide bonds. The number of benzene rings is 3. The van der Waals surface area contributed by atoms with Gasteiger partial charge in [0.25, 0.3) is 11.8 Å². The molecule has 3 rings (SSSR count).